The second kappa shape index (κ2) is 7.57. The van der Waals surface area contributed by atoms with E-state index in [0.717, 1.165) is 5.56 Å². The Morgan fingerprint density at radius 2 is 1.45 bits per heavy atom. The first-order valence-corrected chi connectivity index (χ1v) is 6.64. The van der Waals surface area contributed by atoms with Crippen molar-refractivity contribution in [1.82, 2.24) is 10.9 Å². The Kier molecular flexibility index (Phi) is 5.24. The first kappa shape index (κ1) is 15.2. The summed E-state index contributed by atoms with van der Waals surface area (Å²) < 4.78 is 0. The van der Waals surface area contributed by atoms with Gasteiger partial charge in [-0.3, -0.25) is 20.4 Å². The van der Waals surface area contributed by atoms with Gasteiger partial charge in [-0.05, 0) is 17.7 Å². The molecule has 0 aliphatic heterocycles. The number of hydrogen-bond acceptors (Lipinski definition) is 3. The SMILES string of the molecule is O=C=C(Cc1ccccc1)C(=O)NNC(=O)c1ccccc1. The smallest absolute Gasteiger partial charge is 0.267 e. The highest BCUT2D eigenvalue weighted by molar-refractivity contribution is 6.03. The van der Waals surface area contributed by atoms with E-state index in [9.17, 15) is 14.4 Å². The summed E-state index contributed by atoms with van der Waals surface area (Å²) in [4.78, 5) is 34.6. The fraction of sp³-hybridized carbons (Fsp3) is 0.0588. The van der Waals surface area contributed by atoms with Crippen molar-refractivity contribution in [1.29, 1.82) is 0 Å². The fourth-order valence-electron chi connectivity index (χ4n) is 1.81. The van der Waals surface area contributed by atoms with Crippen molar-refractivity contribution in [2.75, 3.05) is 0 Å². The lowest BCUT2D eigenvalue weighted by atomic mass is 10.1. The molecule has 2 amide bonds. The minimum Gasteiger partial charge on any atom is -0.267 e. The van der Waals surface area contributed by atoms with E-state index in [2.05, 4.69) is 10.9 Å². The summed E-state index contributed by atoms with van der Waals surface area (Å²) in [6, 6.07) is 17.5. The molecular formula is C17H14N2O3. The largest absolute Gasteiger partial charge is 0.277 e. The van der Waals surface area contributed by atoms with Gasteiger partial charge in [0.05, 0.1) is 0 Å². The van der Waals surface area contributed by atoms with Crippen molar-refractivity contribution in [3.8, 4) is 0 Å². The van der Waals surface area contributed by atoms with Crippen LogP contribution in [0, 0.1) is 0 Å². The average Bonchev–Trinajstić information content (AvgIpc) is 2.59. The van der Waals surface area contributed by atoms with Crippen LogP contribution < -0.4 is 10.9 Å². The van der Waals surface area contributed by atoms with Crippen LogP contribution in [-0.2, 0) is 16.0 Å². The molecule has 0 saturated heterocycles. The Morgan fingerprint density at radius 1 is 0.864 bits per heavy atom. The molecule has 5 nitrogen and oxygen atoms in total. The first-order valence-electron chi connectivity index (χ1n) is 6.64. The summed E-state index contributed by atoms with van der Waals surface area (Å²) in [7, 11) is 0. The van der Waals surface area contributed by atoms with E-state index in [1.165, 1.54) is 0 Å². The molecule has 22 heavy (non-hydrogen) atoms. The van der Waals surface area contributed by atoms with Crippen LogP contribution in [0.15, 0.2) is 66.2 Å². The van der Waals surface area contributed by atoms with E-state index in [-0.39, 0.29) is 12.0 Å². The Balaban J connectivity index is 1.93. The molecule has 0 bridgehead atoms. The van der Waals surface area contributed by atoms with Crippen molar-refractivity contribution in [2.45, 2.75) is 6.42 Å². The molecule has 2 aromatic carbocycles. The predicted molar refractivity (Wildman–Crippen MR) is 81.4 cm³/mol. The lowest BCUT2D eigenvalue weighted by Crippen LogP contribution is -2.42. The van der Waals surface area contributed by atoms with E-state index >= 15 is 0 Å². The average molecular weight is 294 g/mol. The summed E-state index contributed by atoms with van der Waals surface area (Å²) >= 11 is 0. The van der Waals surface area contributed by atoms with E-state index in [4.69, 9.17) is 0 Å². The molecule has 0 saturated carbocycles. The zero-order valence-electron chi connectivity index (χ0n) is 11.7. The number of benzene rings is 2. The minimum absolute atomic E-state index is 0.0837. The fourth-order valence-corrected chi connectivity index (χ4v) is 1.81. The Morgan fingerprint density at radius 3 is 2.05 bits per heavy atom. The van der Waals surface area contributed by atoms with E-state index < -0.39 is 11.8 Å². The molecule has 0 radical (unpaired) electrons. The predicted octanol–water partition coefficient (Wildman–Crippen LogP) is 1.45. The molecule has 0 aliphatic rings. The maximum atomic E-state index is 11.9. The van der Waals surface area contributed by atoms with Crippen LogP contribution in [0.1, 0.15) is 15.9 Å². The van der Waals surface area contributed by atoms with Crippen LogP contribution in [0.5, 0.6) is 0 Å². The van der Waals surface area contributed by atoms with Gasteiger partial charge in [0, 0.05) is 12.0 Å². The monoisotopic (exact) mass is 294 g/mol. The van der Waals surface area contributed by atoms with Gasteiger partial charge >= 0.3 is 0 Å². The van der Waals surface area contributed by atoms with Gasteiger partial charge in [-0.15, -0.1) is 0 Å². The number of amides is 2. The molecular weight excluding hydrogens is 280 g/mol. The lowest BCUT2D eigenvalue weighted by molar-refractivity contribution is -0.118. The maximum Gasteiger partial charge on any atom is 0.277 e. The highest BCUT2D eigenvalue weighted by Crippen LogP contribution is 2.05. The highest BCUT2D eigenvalue weighted by atomic mass is 16.2. The minimum atomic E-state index is -0.678. The van der Waals surface area contributed by atoms with Crippen LogP contribution in [0.4, 0.5) is 0 Å². The van der Waals surface area contributed by atoms with Crippen LogP contribution in [0.3, 0.4) is 0 Å². The van der Waals surface area contributed by atoms with Crippen molar-refractivity contribution in [2.24, 2.45) is 0 Å². The third-order valence-electron chi connectivity index (χ3n) is 2.95. The number of hydrogen-bond donors (Lipinski definition) is 2. The van der Waals surface area contributed by atoms with Gasteiger partial charge in [-0.1, -0.05) is 48.5 Å². The molecule has 0 spiro atoms. The standard InChI is InChI=1S/C17H14N2O3/c20-12-15(11-13-7-3-1-4-8-13)17(22)19-18-16(21)14-9-5-2-6-10-14/h1-10H,11H2,(H,18,21)(H,19,22). The van der Waals surface area contributed by atoms with Crippen LogP contribution in [0.25, 0.3) is 0 Å². The summed E-state index contributed by atoms with van der Waals surface area (Å²) in [5.41, 5.74) is 5.61. The zero-order chi connectivity index (χ0) is 15.8. The Labute approximate surface area is 127 Å². The number of carbonyl (C=O) groups is 2. The topological polar surface area (TPSA) is 75.3 Å². The number of nitrogens with one attached hydrogen (secondary N) is 2. The summed E-state index contributed by atoms with van der Waals surface area (Å²) in [5.74, 6) is 0.480. The number of carbonyl (C=O) groups excluding carboxylic acids is 3. The van der Waals surface area contributed by atoms with E-state index in [1.54, 1.807) is 48.4 Å². The number of hydrazine groups is 1. The quantitative estimate of drug-likeness (QED) is 0.509. The van der Waals surface area contributed by atoms with Crippen LogP contribution in [0.2, 0.25) is 0 Å². The Bertz CT molecular complexity index is 705. The van der Waals surface area contributed by atoms with Crippen LogP contribution >= 0.6 is 0 Å². The maximum absolute atomic E-state index is 11.9. The molecule has 0 unspecified atom stereocenters. The van der Waals surface area contributed by atoms with Crippen molar-refractivity contribution in [3.05, 3.63) is 77.4 Å². The molecule has 0 heterocycles. The van der Waals surface area contributed by atoms with Crippen molar-refractivity contribution >= 4 is 17.8 Å². The molecule has 0 atom stereocenters. The lowest BCUT2D eigenvalue weighted by Gasteiger charge is -2.08. The summed E-state index contributed by atoms with van der Waals surface area (Å²) in [6.45, 7) is 0. The molecule has 0 aromatic heterocycles. The molecule has 110 valence electrons. The molecule has 2 N–H and O–H groups in total. The van der Waals surface area contributed by atoms with Gasteiger partial charge in [-0.2, -0.15) is 0 Å². The molecule has 0 fully saturated rings. The second-order valence-electron chi connectivity index (χ2n) is 4.52. The van der Waals surface area contributed by atoms with E-state index in [1.807, 2.05) is 18.2 Å². The zero-order valence-corrected chi connectivity index (χ0v) is 11.7. The number of rotatable bonds is 4. The van der Waals surface area contributed by atoms with E-state index in [0.29, 0.717) is 5.56 Å². The summed E-state index contributed by atoms with van der Waals surface area (Å²) in [6.07, 6.45) is 0.150. The van der Waals surface area contributed by atoms with Gasteiger partial charge in [0.15, 0.2) is 0 Å². The highest BCUT2D eigenvalue weighted by Gasteiger charge is 2.13. The molecule has 5 heteroatoms. The summed E-state index contributed by atoms with van der Waals surface area (Å²) in [5, 5.41) is 0. The van der Waals surface area contributed by atoms with Gasteiger partial charge < -0.3 is 0 Å². The van der Waals surface area contributed by atoms with Crippen molar-refractivity contribution in [3.63, 3.8) is 0 Å². The normalized spacial score (nSPS) is 9.45. The van der Waals surface area contributed by atoms with Gasteiger partial charge in [0.2, 0.25) is 0 Å². The molecule has 2 rings (SSSR count). The third-order valence-corrected chi connectivity index (χ3v) is 2.95. The van der Waals surface area contributed by atoms with Gasteiger partial charge in [-0.25, -0.2) is 4.79 Å². The molecule has 2 aromatic rings. The van der Waals surface area contributed by atoms with Gasteiger partial charge in [0.25, 0.3) is 11.8 Å². The first-order chi connectivity index (χ1) is 10.7. The second-order valence-corrected chi connectivity index (χ2v) is 4.52. The van der Waals surface area contributed by atoms with Gasteiger partial charge in [0.1, 0.15) is 11.5 Å². The van der Waals surface area contributed by atoms with Crippen molar-refractivity contribution < 1.29 is 14.4 Å². The third kappa shape index (κ3) is 4.16. The molecule has 0 aliphatic carbocycles. The Hall–Kier alpha value is -3.17. The van der Waals surface area contributed by atoms with Crippen LogP contribution in [-0.4, -0.2) is 17.8 Å².